The van der Waals surface area contributed by atoms with Crippen LogP contribution in [0.3, 0.4) is 0 Å². The summed E-state index contributed by atoms with van der Waals surface area (Å²) in [6.45, 7) is 6.22. The number of anilines is 1. The van der Waals surface area contributed by atoms with Crippen molar-refractivity contribution in [2.75, 3.05) is 12.4 Å². The highest BCUT2D eigenvalue weighted by Crippen LogP contribution is 2.04. The molecule has 0 fully saturated rings. The Hall–Kier alpha value is -1.32. The van der Waals surface area contributed by atoms with Gasteiger partial charge in [0.1, 0.15) is 0 Å². The van der Waals surface area contributed by atoms with Crippen molar-refractivity contribution in [3.63, 3.8) is 0 Å². The fourth-order valence-electron chi connectivity index (χ4n) is 1.24. The minimum absolute atomic E-state index is 0.0411. The summed E-state index contributed by atoms with van der Waals surface area (Å²) in [4.78, 5) is 16.0. The van der Waals surface area contributed by atoms with E-state index in [-0.39, 0.29) is 5.56 Å². The van der Waals surface area contributed by atoms with Crippen LogP contribution in [0.2, 0.25) is 0 Å². The van der Waals surface area contributed by atoms with Crippen molar-refractivity contribution < 1.29 is 0 Å². The maximum Gasteiger partial charge on any atom is 0.258 e. The molecule has 0 unspecified atom stereocenters. The average molecular weight is 181 g/mol. The summed E-state index contributed by atoms with van der Waals surface area (Å²) in [5.41, 5.74) is 1.55. The van der Waals surface area contributed by atoms with Crippen molar-refractivity contribution in [3.05, 3.63) is 21.6 Å². The zero-order chi connectivity index (χ0) is 10.0. The number of hydrogen-bond donors (Lipinski definition) is 1. The van der Waals surface area contributed by atoms with Gasteiger partial charge in [-0.1, -0.05) is 0 Å². The second kappa shape index (κ2) is 3.60. The van der Waals surface area contributed by atoms with Crippen LogP contribution >= 0.6 is 0 Å². The van der Waals surface area contributed by atoms with Gasteiger partial charge in [-0.2, -0.15) is 0 Å². The van der Waals surface area contributed by atoms with Gasteiger partial charge >= 0.3 is 0 Å². The third-order valence-corrected chi connectivity index (χ3v) is 2.18. The standard InChI is InChI=1S/C9H15N3O/c1-5-12-8(13)6(2)7(3)11-9(12)10-4/h5H2,1-4H3,(H,10,11). The van der Waals surface area contributed by atoms with Crippen LogP contribution < -0.4 is 10.9 Å². The molecular formula is C9H15N3O. The number of nitrogens with one attached hydrogen (secondary N) is 1. The average Bonchev–Trinajstić information content (AvgIpc) is 2.13. The number of aryl methyl sites for hydroxylation is 1. The lowest BCUT2D eigenvalue weighted by atomic mass is 10.3. The van der Waals surface area contributed by atoms with Gasteiger partial charge in [0, 0.05) is 24.8 Å². The molecule has 13 heavy (non-hydrogen) atoms. The van der Waals surface area contributed by atoms with E-state index in [4.69, 9.17) is 0 Å². The molecule has 1 aromatic heterocycles. The molecule has 0 bridgehead atoms. The molecule has 1 rings (SSSR count). The summed E-state index contributed by atoms with van der Waals surface area (Å²) in [6.07, 6.45) is 0. The molecule has 1 heterocycles. The van der Waals surface area contributed by atoms with Crippen LogP contribution in [0.15, 0.2) is 4.79 Å². The van der Waals surface area contributed by atoms with E-state index >= 15 is 0 Å². The van der Waals surface area contributed by atoms with Gasteiger partial charge in [0.25, 0.3) is 5.56 Å². The third-order valence-electron chi connectivity index (χ3n) is 2.18. The van der Waals surface area contributed by atoms with Crippen LogP contribution in [-0.4, -0.2) is 16.6 Å². The Morgan fingerprint density at radius 2 is 2.08 bits per heavy atom. The monoisotopic (exact) mass is 181 g/mol. The predicted octanol–water partition coefficient (Wildman–Crippen LogP) is 0.922. The van der Waals surface area contributed by atoms with Gasteiger partial charge in [0.05, 0.1) is 0 Å². The first kappa shape index (κ1) is 9.77. The maximum atomic E-state index is 11.7. The molecule has 0 saturated carbocycles. The highest BCUT2D eigenvalue weighted by molar-refractivity contribution is 5.29. The van der Waals surface area contributed by atoms with Crippen molar-refractivity contribution in [2.24, 2.45) is 0 Å². The Bertz CT molecular complexity index is 368. The zero-order valence-corrected chi connectivity index (χ0v) is 8.51. The fraction of sp³-hybridized carbons (Fsp3) is 0.556. The van der Waals surface area contributed by atoms with Gasteiger partial charge in [-0.3, -0.25) is 9.36 Å². The second-order valence-electron chi connectivity index (χ2n) is 2.95. The van der Waals surface area contributed by atoms with Crippen LogP contribution in [0.25, 0.3) is 0 Å². The first-order valence-electron chi connectivity index (χ1n) is 4.37. The summed E-state index contributed by atoms with van der Waals surface area (Å²) in [5.74, 6) is 0.635. The smallest absolute Gasteiger partial charge is 0.258 e. The van der Waals surface area contributed by atoms with E-state index < -0.39 is 0 Å². The van der Waals surface area contributed by atoms with Crippen molar-refractivity contribution in [2.45, 2.75) is 27.3 Å². The quantitative estimate of drug-likeness (QED) is 0.738. The van der Waals surface area contributed by atoms with E-state index in [2.05, 4.69) is 10.3 Å². The number of nitrogens with zero attached hydrogens (tertiary/aromatic N) is 2. The van der Waals surface area contributed by atoms with Crippen LogP contribution in [0.1, 0.15) is 18.2 Å². The van der Waals surface area contributed by atoms with E-state index in [9.17, 15) is 4.79 Å². The normalized spacial score (nSPS) is 10.2. The maximum absolute atomic E-state index is 11.7. The lowest BCUT2D eigenvalue weighted by Crippen LogP contribution is -2.26. The van der Waals surface area contributed by atoms with Crippen LogP contribution in [0.5, 0.6) is 0 Å². The number of hydrogen-bond acceptors (Lipinski definition) is 3. The topological polar surface area (TPSA) is 46.9 Å². The molecule has 1 aromatic rings. The summed E-state index contributed by atoms with van der Waals surface area (Å²) >= 11 is 0. The molecular weight excluding hydrogens is 166 g/mol. The van der Waals surface area contributed by atoms with Gasteiger partial charge in [-0.15, -0.1) is 0 Å². The molecule has 0 aliphatic carbocycles. The van der Waals surface area contributed by atoms with Crippen molar-refractivity contribution >= 4 is 5.95 Å². The Balaban J connectivity index is 3.48. The minimum atomic E-state index is 0.0411. The fourth-order valence-corrected chi connectivity index (χ4v) is 1.24. The lowest BCUT2D eigenvalue weighted by molar-refractivity contribution is 0.705. The van der Waals surface area contributed by atoms with Gasteiger partial charge < -0.3 is 5.32 Å². The van der Waals surface area contributed by atoms with Crippen molar-refractivity contribution in [1.29, 1.82) is 0 Å². The Labute approximate surface area is 77.6 Å². The van der Waals surface area contributed by atoms with E-state index in [1.54, 1.807) is 18.5 Å². The molecule has 0 radical (unpaired) electrons. The number of aromatic nitrogens is 2. The molecule has 4 heteroatoms. The lowest BCUT2D eigenvalue weighted by Gasteiger charge is -2.11. The summed E-state index contributed by atoms with van der Waals surface area (Å²) in [7, 11) is 1.77. The molecule has 0 amide bonds. The zero-order valence-electron chi connectivity index (χ0n) is 8.51. The molecule has 0 atom stereocenters. The SMILES string of the molecule is CCn1c(NC)nc(C)c(C)c1=O. The van der Waals surface area contributed by atoms with Crippen molar-refractivity contribution in [3.8, 4) is 0 Å². The molecule has 0 saturated heterocycles. The predicted molar refractivity (Wildman–Crippen MR) is 53.2 cm³/mol. The van der Waals surface area contributed by atoms with Gasteiger partial charge in [-0.25, -0.2) is 4.98 Å². The van der Waals surface area contributed by atoms with E-state index in [0.29, 0.717) is 12.5 Å². The summed E-state index contributed by atoms with van der Waals surface area (Å²) in [6, 6.07) is 0. The van der Waals surface area contributed by atoms with Gasteiger partial charge in [0.2, 0.25) is 5.95 Å². The molecule has 0 aliphatic heterocycles. The van der Waals surface area contributed by atoms with Crippen LogP contribution in [0.4, 0.5) is 5.95 Å². The summed E-state index contributed by atoms with van der Waals surface area (Å²) < 4.78 is 1.63. The second-order valence-corrected chi connectivity index (χ2v) is 2.95. The van der Waals surface area contributed by atoms with Crippen molar-refractivity contribution in [1.82, 2.24) is 9.55 Å². The molecule has 4 nitrogen and oxygen atoms in total. The first-order valence-corrected chi connectivity index (χ1v) is 4.37. The minimum Gasteiger partial charge on any atom is -0.359 e. The summed E-state index contributed by atoms with van der Waals surface area (Å²) in [5, 5.41) is 2.91. The Kier molecular flexibility index (Phi) is 2.70. The molecule has 1 N–H and O–H groups in total. The number of rotatable bonds is 2. The molecule has 72 valence electrons. The van der Waals surface area contributed by atoms with Gasteiger partial charge in [-0.05, 0) is 20.8 Å². The van der Waals surface area contributed by atoms with Crippen LogP contribution in [0, 0.1) is 13.8 Å². The molecule has 0 aromatic carbocycles. The van der Waals surface area contributed by atoms with E-state index in [0.717, 1.165) is 11.3 Å². The first-order chi connectivity index (χ1) is 6.11. The largest absolute Gasteiger partial charge is 0.359 e. The van der Waals surface area contributed by atoms with E-state index in [1.165, 1.54) is 0 Å². The van der Waals surface area contributed by atoms with Gasteiger partial charge in [0.15, 0.2) is 0 Å². The van der Waals surface area contributed by atoms with E-state index in [1.807, 2.05) is 13.8 Å². The highest BCUT2D eigenvalue weighted by Gasteiger charge is 2.07. The molecule has 0 spiro atoms. The Morgan fingerprint density at radius 1 is 1.46 bits per heavy atom. The Morgan fingerprint density at radius 3 is 2.54 bits per heavy atom. The highest BCUT2D eigenvalue weighted by atomic mass is 16.1. The van der Waals surface area contributed by atoms with Crippen LogP contribution in [-0.2, 0) is 6.54 Å². The third kappa shape index (κ3) is 1.56. The molecule has 0 aliphatic rings.